The number of aliphatic hydroxyl groups is 1. The number of piperidine rings is 1. The van der Waals surface area contributed by atoms with Gasteiger partial charge in [0.15, 0.2) is 17.4 Å². The fraction of sp³-hybridized carbons (Fsp3) is 0.286. The molecule has 1 heterocycles. The molecule has 1 fully saturated rings. The fourth-order valence-electron chi connectivity index (χ4n) is 5.14. The van der Waals surface area contributed by atoms with Crippen molar-refractivity contribution >= 4 is 23.2 Å². The maximum Gasteiger partial charge on any atom is 0.170 e. The van der Waals surface area contributed by atoms with E-state index < -0.39 is 35.2 Å². The largest absolute Gasteiger partial charge is 0.508 e. The molecule has 0 aliphatic carbocycles. The molecule has 5 nitrogen and oxygen atoms in total. The summed E-state index contributed by atoms with van der Waals surface area (Å²) in [4.78, 5) is 29.4. The van der Waals surface area contributed by atoms with Crippen LogP contribution in [0.2, 0.25) is 5.02 Å². The van der Waals surface area contributed by atoms with Gasteiger partial charge < -0.3 is 10.2 Å². The number of hydrogen-bond acceptors (Lipinski definition) is 5. The summed E-state index contributed by atoms with van der Waals surface area (Å²) in [5, 5.41) is 19.4. The highest BCUT2D eigenvalue weighted by Gasteiger charge is 2.46. The molecule has 0 radical (unpaired) electrons. The first-order valence-corrected chi connectivity index (χ1v) is 12.0. The lowest BCUT2D eigenvalue weighted by molar-refractivity contribution is 0.0526. The van der Waals surface area contributed by atoms with Gasteiger partial charge in [-0.2, -0.15) is 0 Å². The predicted octanol–water partition coefficient (Wildman–Crippen LogP) is 5.02. The Balaban J connectivity index is 1.89. The molecule has 0 unspecified atom stereocenters. The molecule has 0 amide bonds. The third kappa shape index (κ3) is 5.05. The number of likely N-dealkylation sites (tertiary alicyclic amines) is 1. The van der Waals surface area contributed by atoms with Crippen LogP contribution in [0.25, 0.3) is 0 Å². The van der Waals surface area contributed by atoms with Crippen molar-refractivity contribution in [3.05, 3.63) is 99.6 Å². The number of hydrogen-bond donors (Lipinski definition) is 2. The van der Waals surface area contributed by atoms with Gasteiger partial charge in [0, 0.05) is 43.0 Å². The summed E-state index contributed by atoms with van der Waals surface area (Å²) in [7, 11) is 0. The van der Waals surface area contributed by atoms with Crippen LogP contribution in [0, 0.1) is 30.4 Å². The van der Waals surface area contributed by atoms with E-state index >= 15 is 0 Å². The van der Waals surface area contributed by atoms with Gasteiger partial charge in [0.2, 0.25) is 0 Å². The van der Waals surface area contributed by atoms with Crippen molar-refractivity contribution in [1.29, 1.82) is 0 Å². The molecule has 4 rings (SSSR count). The van der Waals surface area contributed by atoms with Crippen molar-refractivity contribution in [3.63, 3.8) is 0 Å². The number of ketones is 2. The molecule has 1 aliphatic heterocycles. The minimum atomic E-state index is -0.926. The Labute approximate surface area is 212 Å². The summed E-state index contributed by atoms with van der Waals surface area (Å²) >= 11 is 5.95. The van der Waals surface area contributed by atoms with Crippen molar-refractivity contribution in [2.45, 2.75) is 12.8 Å². The molecule has 1 aliphatic rings. The van der Waals surface area contributed by atoms with Gasteiger partial charge in [-0.15, -0.1) is 0 Å². The molecular formula is C28H26ClF2NO4. The molecule has 3 atom stereocenters. The molecule has 0 aromatic heterocycles. The minimum Gasteiger partial charge on any atom is -0.508 e. The maximum absolute atomic E-state index is 14.9. The van der Waals surface area contributed by atoms with Gasteiger partial charge in [0.1, 0.15) is 11.6 Å². The van der Waals surface area contributed by atoms with Crippen LogP contribution in [0.5, 0.6) is 5.75 Å². The number of β-amino-alcohol motifs (C(OH)–C–C–N with tert-alkyl or cyclic N) is 1. The average Bonchev–Trinajstić information content (AvgIpc) is 2.86. The number of aromatic hydroxyl groups is 1. The Hall–Kier alpha value is -3.13. The number of rotatable bonds is 7. The van der Waals surface area contributed by atoms with Crippen molar-refractivity contribution in [2.75, 3.05) is 26.2 Å². The summed E-state index contributed by atoms with van der Waals surface area (Å²) in [5.41, 5.74) is 0.820. The second kappa shape index (κ2) is 10.9. The first-order valence-electron chi connectivity index (χ1n) is 11.6. The molecule has 36 heavy (non-hydrogen) atoms. The Morgan fingerprint density at radius 3 is 2.36 bits per heavy atom. The minimum absolute atomic E-state index is 0.0871. The van der Waals surface area contributed by atoms with Gasteiger partial charge in [0.05, 0.1) is 17.2 Å². The van der Waals surface area contributed by atoms with E-state index in [1.165, 1.54) is 42.5 Å². The monoisotopic (exact) mass is 513 g/mol. The van der Waals surface area contributed by atoms with Crippen LogP contribution in [0.4, 0.5) is 8.78 Å². The summed E-state index contributed by atoms with van der Waals surface area (Å²) in [6.45, 7) is 1.90. The topological polar surface area (TPSA) is 77.8 Å². The highest BCUT2D eigenvalue weighted by Crippen LogP contribution is 2.43. The van der Waals surface area contributed by atoms with Crippen molar-refractivity contribution in [1.82, 2.24) is 4.90 Å². The zero-order chi connectivity index (χ0) is 26.0. The third-order valence-electron chi connectivity index (χ3n) is 6.88. The molecular weight excluding hydrogens is 488 g/mol. The van der Waals surface area contributed by atoms with E-state index in [4.69, 9.17) is 11.6 Å². The molecule has 188 valence electrons. The highest BCUT2D eigenvalue weighted by atomic mass is 35.5. The predicted molar refractivity (Wildman–Crippen MR) is 133 cm³/mol. The van der Waals surface area contributed by atoms with E-state index in [9.17, 15) is 28.6 Å². The van der Waals surface area contributed by atoms with E-state index in [1.54, 1.807) is 30.0 Å². The molecule has 8 heteroatoms. The summed E-state index contributed by atoms with van der Waals surface area (Å²) < 4.78 is 29.6. The number of benzene rings is 3. The summed E-state index contributed by atoms with van der Waals surface area (Å²) in [6, 6.07) is 14.6. The van der Waals surface area contributed by atoms with Gasteiger partial charge in [-0.3, -0.25) is 14.5 Å². The molecule has 1 saturated heterocycles. The van der Waals surface area contributed by atoms with Crippen LogP contribution >= 0.6 is 11.6 Å². The van der Waals surface area contributed by atoms with Crippen LogP contribution in [0.1, 0.15) is 37.8 Å². The highest BCUT2D eigenvalue weighted by molar-refractivity contribution is 6.31. The number of halogens is 3. The molecule has 3 aromatic rings. The van der Waals surface area contributed by atoms with E-state index in [0.717, 1.165) is 0 Å². The summed E-state index contributed by atoms with van der Waals surface area (Å²) in [5.74, 6) is -4.85. The first kappa shape index (κ1) is 25.9. The number of nitrogens with zero attached hydrogens (tertiary/aromatic N) is 1. The van der Waals surface area contributed by atoms with E-state index in [-0.39, 0.29) is 53.9 Å². The van der Waals surface area contributed by atoms with Gasteiger partial charge in [-0.1, -0.05) is 41.9 Å². The first-order chi connectivity index (χ1) is 17.2. The van der Waals surface area contributed by atoms with Crippen LogP contribution in [-0.2, 0) is 0 Å². The fourth-order valence-corrected chi connectivity index (χ4v) is 5.31. The quantitative estimate of drug-likeness (QED) is 0.434. The van der Waals surface area contributed by atoms with E-state index in [0.29, 0.717) is 11.1 Å². The number of carbonyl (C=O) groups excluding carboxylic acids is 2. The second-order valence-electron chi connectivity index (χ2n) is 9.06. The molecule has 3 aromatic carbocycles. The molecule has 0 saturated carbocycles. The van der Waals surface area contributed by atoms with Crippen molar-refractivity contribution in [3.8, 4) is 5.75 Å². The number of aliphatic hydroxyl groups excluding tert-OH is 1. The van der Waals surface area contributed by atoms with Gasteiger partial charge in [-0.25, -0.2) is 8.78 Å². The number of Topliss-reactive ketones (excluding diaryl/α,β-unsaturated/α-hetero) is 2. The van der Waals surface area contributed by atoms with Crippen LogP contribution in [0.3, 0.4) is 0 Å². The third-order valence-corrected chi connectivity index (χ3v) is 7.17. The lowest BCUT2D eigenvalue weighted by Gasteiger charge is -2.43. The molecule has 2 N–H and O–H groups in total. The van der Waals surface area contributed by atoms with E-state index in [1.807, 2.05) is 0 Å². The van der Waals surface area contributed by atoms with Crippen molar-refractivity contribution in [2.24, 2.45) is 11.8 Å². The second-order valence-corrected chi connectivity index (χ2v) is 9.46. The Kier molecular flexibility index (Phi) is 7.83. The van der Waals surface area contributed by atoms with Crippen LogP contribution in [0.15, 0.2) is 60.7 Å². The molecule has 0 spiro atoms. The SMILES string of the molecule is Cc1c(F)cccc1[C@H]1[C@@H](C(=O)c2cccc(O)c2)CN(CCO)C[C@@H]1C(=O)c1cccc(Cl)c1F. The lowest BCUT2D eigenvalue weighted by atomic mass is 9.67. The number of carbonyl (C=O) groups is 2. The maximum atomic E-state index is 14.9. The Morgan fingerprint density at radius 1 is 1.00 bits per heavy atom. The van der Waals surface area contributed by atoms with Gasteiger partial charge in [0.25, 0.3) is 0 Å². The zero-order valence-corrected chi connectivity index (χ0v) is 20.4. The van der Waals surface area contributed by atoms with Gasteiger partial charge in [-0.05, 0) is 48.4 Å². The lowest BCUT2D eigenvalue weighted by Crippen LogP contribution is -2.51. The van der Waals surface area contributed by atoms with Crippen LogP contribution < -0.4 is 0 Å². The number of phenolic OH excluding ortho intramolecular Hbond substituents is 1. The van der Waals surface area contributed by atoms with Crippen LogP contribution in [-0.4, -0.2) is 52.9 Å². The normalized spacial score (nSPS) is 20.3. The standard InChI is InChI=1S/C28H26ClF2NO4/c1-16-19(7-4-10-24(16)30)25-21(27(35)17-5-2-6-18(34)13-17)14-32(11-12-33)15-22(25)28(36)20-8-3-9-23(29)26(20)31/h2-10,13,21-22,25,33-34H,11-12,14-15H2,1H3/t21-,22-,25-/m0/s1. The van der Waals surface area contributed by atoms with Gasteiger partial charge >= 0.3 is 0 Å². The smallest absolute Gasteiger partial charge is 0.170 e. The van der Waals surface area contributed by atoms with E-state index in [2.05, 4.69) is 0 Å². The zero-order valence-electron chi connectivity index (χ0n) is 19.6. The number of phenols is 1. The summed E-state index contributed by atoms with van der Waals surface area (Å²) in [6.07, 6.45) is 0. The average molecular weight is 514 g/mol. The Bertz CT molecular complexity index is 1300. The molecule has 0 bridgehead atoms. The Morgan fingerprint density at radius 2 is 1.67 bits per heavy atom. The van der Waals surface area contributed by atoms with Crippen molar-refractivity contribution < 1.29 is 28.6 Å².